The minimum atomic E-state index is -0.134. The van der Waals surface area contributed by atoms with Gasteiger partial charge in [-0.05, 0) is 54.0 Å². The van der Waals surface area contributed by atoms with Crippen LogP contribution >= 0.6 is 0 Å². The van der Waals surface area contributed by atoms with Crippen LogP contribution in [0.25, 0.3) is 0 Å². The molecule has 178 valence electrons. The highest BCUT2D eigenvalue weighted by Gasteiger charge is 2.37. The zero-order valence-corrected chi connectivity index (χ0v) is 20.2. The van der Waals surface area contributed by atoms with Gasteiger partial charge >= 0.3 is 0 Å². The van der Waals surface area contributed by atoms with E-state index in [9.17, 15) is 9.59 Å². The summed E-state index contributed by atoms with van der Waals surface area (Å²) in [7, 11) is 0. The quantitative estimate of drug-likeness (QED) is 0.715. The second-order valence-electron chi connectivity index (χ2n) is 10.4. The average Bonchev–Trinajstić information content (AvgIpc) is 3.52. The van der Waals surface area contributed by atoms with Crippen molar-refractivity contribution >= 4 is 11.8 Å². The molecule has 0 radical (unpaired) electrons. The summed E-state index contributed by atoms with van der Waals surface area (Å²) in [6.45, 7) is 9.68. The maximum absolute atomic E-state index is 13.2. The molecule has 1 saturated carbocycles. The van der Waals surface area contributed by atoms with Crippen LogP contribution in [0.5, 0.6) is 0 Å². The van der Waals surface area contributed by atoms with Gasteiger partial charge in [0.25, 0.3) is 5.91 Å². The Balaban J connectivity index is 1.37. The van der Waals surface area contributed by atoms with Gasteiger partial charge in [-0.25, -0.2) is 0 Å². The van der Waals surface area contributed by atoms with E-state index >= 15 is 0 Å². The van der Waals surface area contributed by atoms with Gasteiger partial charge in [-0.3, -0.25) is 14.5 Å². The summed E-state index contributed by atoms with van der Waals surface area (Å²) < 4.78 is 5.37. The molecular formula is C27H37N3O3. The molecule has 1 saturated heterocycles. The standard InChI is InChI=1S/C27H37N3O3/c1-27(2,3)22-12-10-21(11-13-22)26(32)30-16-14-29(15-17-30)24(20-7-4-5-8-20)25(31)28-19-23-9-6-18-33-23/h6,9-13,18,20,24H,4-5,7-8,14-17,19H2,1-3H3,(H,28,31). The minimum absolute atomic E-state index is 0.0694. The van der Waals surface area contributed by atoms with Crippen molar-refractivity contribution in [3.63, 3.8) is 0 Å². The Labute approximate surface area is 197 Å². The van der Waals surface area contributed by atoms with Crippen LogP contribution < -0.4 is 5.32 Å². The van der Waals surface area contributed by atoms with Crippen LogP contribution in [-0.4, -0.2) is 53.8 Å². The van der Waals surface area contributed by atoms with Crippen molar-refractivity contribution < 1.29 is 14.0 Å². The molecule has 1 N–H and O–H groups in total. The van der Waals surface area contributed by atoms with Gasteiger partial charge in [0.1, 0.15) is 5.76 Å². The third-order valence-electron chi connectivity index (χ3n) is 7.12. The summed E-state index contributed by atoms with van der Waals surface area (Å²) in [5.74, 6) is 1.31. The number of piperazine rings is 1. The monoisotopic (exact) mass is 451 g/mol. The first kappa shape index (κ1) is 23.6. The maximum atomic E-state index is 13.2. The van der Waals surface area contributed by atoms with E-state index in [-0.39, 0.29) is 23.3 Å². The number of hydrogen-bond donors (Lipinski definition) is 1. The minimum Gasteiger partial charge on any atom is -0.467 e. The Morgan fingerprint density at radius 2 is 1.70 bits per heavy atom. The molecule has 2 aromatic rings. The van der Waals surface area contributed by atoms with Gasteiger partial charge in [0.05, 0.1) is 18.8 Å². The fraction of sp³-hybridized carbons (Fsp3) is 0.556. The van der Waals surface area contributed by atoms with Gasteiger partial charge in [-0.1, -0.05) is 45.7 Å². The third-order valence-corrected chi connectivity index (χ3v) is 7.12. The third kappa shape index (κ3) is 5.67. The number of carbonyl (C=O) groups is 2. The molecule has 6 nitrogen and oxygen atoms in total. The molecule has 1 aromatic heterocycles. The molecule has 2 aliphatic rings. The predicted octanol–water partition coefficient (Wildman–Crippen LogP) is 4.21. The van der Waals surface area contributed by atoms with Gasteiger partial charge < -0.3 is 14.6 Å². The first-order valence-corrected chi connectivity index (χ1v) is 12.3. The van der Waals surface area contributed by atoms with E-state index < -0.39 is 0 Å². The smallest absolute Gasteiger partial charge is 0.253 e. The second kappa shape index (κ2) is 10.1. The predicted molar refractivity (Wildman–Crippen MR) is 129 cm³/mol. The molecule has 1 aliphatic carbocycles. The zero-order chi connectivity index (χ0) is 23.4. The fourth-order valence-electron chi connectivity index (χ4n) is 5.14. The molecule has 1 atom stereocenters. The number of amides is 2. The summed E-state index contributed by atoms with van der Waals surface area (Å²) in [6, 6.07) is 11.6. The highest BCUT2D eigenvalue weighted by molar-refractivity contribution is 5.94. The number of hydrogen-bond acceptors (Lipinski definition) is 4. The van der Waals surface area contributed by atoms with E-state index in [0.29, 0.717) is 25.6 Å². The second-order valence-corrected chi connectivity index (χ2v) is 10.4. The van der Waals surface area contributed by atoms with Crippen LogP contribution in [0.3, 0.4) is 0 Å². The maximum Gasteiger partial charge on any atom is 0.253 e. The number of carbonyl (C=O) groups excluding carboxylic acids is 2. The van der Waals surface area contributed by atoms with Gasteiger partial charge in [-0.15, -0.1) is 0 Å². The van der Waals surface area contributed by atoms with Crippen molar-refractivity contribution in [2.24, 2.45) is 5.92 Å². The summed E-state index contributed by atoms with van der Waals surface area (Å²) >= 11 is 0. The topological polar surface area (TPSA) is 65.8 Å². The Morgan fingerprint density at radius 3 is 2.27 bits per heavy atom. The van der Waals surface area contributed by atoms with Crippen LogP contribution in [0.4, 0.5) is 0 Å². The lowest BCUT2D eigenvalue weighted by Gasteiger charge is -2.40. The van der Waals surface area contributed by atoms with E-state index in [0.717, 1.165) is 37.3 Å². The lowest BCUT2D eigenvalue weighted by molar-refractivity contribution is -0.129. The van der Waals surface area contributed by atoms with Crippen molar-refractivity contribution in [3.8, 4) is 0 Å². The summed E-state index contributed by atoms with van der Waals surface area (Å²) in [5.41, 5.74) is 2.03. The van der Waals surface area contributed by atoms with Gasteiger partial charge in [-0.2, -0.15) is 0 Å². The van der Waals surface area contributed by atoms with Crippen LogP contribution in [0, 0.1) is 5.92 Å². The average molecular weight is 452 g/mol. The number of rotatable bonds is 6. The van der Waals surface area contributed by atoms with Gasteiger partial charge in [0.15, 0.2) is 0 Å². The van der Waals surface area contributed by atoms with E-state index in [4.69, 9.17) is 4.42 Å². The summed E-state index contributed by atoms with van der Waals surface area (Å²) in [6.07, 6.45) is 6.20. The van der Waals surface area contributed by atoms with Crippen LogP contribution in [0.1, 0.15) is 68.1 Å². The number of benzene rings is 1. The summed E-state index contributed by atoms with van der Waals surface area (Å²) in [5, 5.41) is 3.08. The van der Waals surface area contributed by atoms with Crippen molar-refractivity contribution in [2.45, 2.75) is 64.5 Å². The fourth-order valence-corrected chi connectivity index (χ4v) is 5.14. The molecule has 4 rings (SSSR count). The lowest BCUT2D eigenvalue weighted by Crippen LogP contribution is -2.57. The highest BCUT2D eigenvalue weighted by Crippen LogP contribution is 2.31. The molecule has 1 unspecified atom stereocenters. The molecule has 1 aromatic carbocycles. The van der Waals surface area contributed by atoms with Crippen LogP contribution in [0.15, 0.2) is 47.1 Å². The number of nitrogens with zero attached hydrogens (tertiary/aromatic N) is 2. The number of furan rings is 1. The Kier molecular flexibility index (Phi) is 7.23. The first-order valence-electron chi connectivity index (χ1n) is 12.3. The zero-order valence-electron chi connectivity index (χ0n) is 20.2. The molecule has 2 heterocycles. The first-order chi connectivity index (χ1) is 15.8. The van der Waals surface area contributed by atoms with E-state index in [1.165, 1.54) is 18.4 Å². The SMILES string of the molecule is CC(C)(C)c1ccc(C(=O)N2CCN(C(C(=O)NCc3ccco3)C3CCCC3)CC2)cc1. The summed E-state index contributed by atoms with van der Waals surface area (Å²) in [4.78, 5) is 30.5. The van der Waals surface area contributed by atoms with E-state index in [2.05, 4.69) is 43.1 Å². The molecule has 33 heavy (non-hydrogen) atoms. The van der Waals surface area contributed by atoms with Crippen LogP contribution in [0.2, 0.25) is 0 Å². The van der Waals surface area contributed by atoms with Crippen molar-refractivity contribution in [1.82, 2.24) is 15.1 Å². The molecule has 0 spiro atoms. The van der Waals surface area contributed by atoms with Crippen molar-refractivity contribution in [3.05, 3.63) is 59.5 Å². The van der Waals surface area contributed by atoms with E-state index in [1.54, 1.807) is 6.26 Å². The molecular weight excluding hydrogens is 414 g/mol. The lowest BCUT2D eigenvalue weighted by atomic mass is 9.86. The molecule has 0 bridgehead atoms. The van der Waals surface area contributed by atoms with Crippen molar-refractivity contribution in [1.29, 1.82) is 0 Å². The Bertz CT molecular complexity index is 917. The van der Waals surface area contributed by atoms with Gasteiger partial charge in [0.2, 0.25) is 5.91 Å². The van der Waals surface area contributed by atoms with Gasteiger partial charge in [0, 0.05) is 31.7 Å². The largest absolute Gasteiger partial charge is 0.467 e. The number of nitrogens with one attached hydrogen (secondary N) is 1. The molecule has 2 fully saturated rings. The molecule has 2 amide bonds. The Hall–Kier alpha value is -2.60. The van der Waals surface area contributed by atoms with Crippen molar-refractivity contribution in [2.75, 3.05) is 26.2 Å². The van der Waals surface area contributed by atoms with Crippen LogP contribution in [-0.2, 0) is 16.8 Å². The molecule has 6 heteroatoms. The normalized spacial score (nSPS) is 18.9. The van der Waals surface area contributed by atoms with E-state index in [1.807, 2.05) is 29.2 Å². The Morgan fingerprint density at radius 1 is 1.03 bits per heavy atom. The highest BCUT2D eigenvalue weighted by atomic mass is 16.3. The molecule has 1 aliphatic heterocycles.